The zero-order valence-corrected chi connectivity index (χ0v) is 16.0. The van der Waals surface area contributed by atoms with Crippen LogP contribution in [0.2, 0.25) is 0 Å². The van der Waals surface area contributed by atoms with Crippen LogP contribution >= 0.6 is 11.8 Å². The van der Waals surface area contributed by atoms with E-state index in [0.29, 0.717) is 21.9 Å². The predicted octanol–water partition coefficient (Wildman–Crippen LogP) is 2.78. The summed E-state index contributed by atoms with van der Waals surface area (Å²) < 4.78 is 4.57. The van der Waals surface area contributed by atoms with E-state index in [2.05, 4.69) is 21.4 Å². The summed E-state index contributed by atoms with van der Waals surface area (Å²) >= 11 is 1.36. The highest BCUT2D eigenvalue weighted by molar-refractivity contribution is 7.98. The van der Waals surface area contributed by atoms with Gasteiger partial charge in [-0.05, 0) is 26.2 Å². The van der Waals surface area contributed by atoms with Crippen molar-refractivity contribution in [2.24, 2.45) is 0 Å². The number of hydrogen-bond acceptors (Lipinski definition) is 5. The van der Waals surface area contributed by atoms with E-state index in [0.717, 1.165) is 0 Å². The van der Waals surface area contributed by atoms with Crippen LogP contribution in [0.5, 0.6) is 0 Å². The van der Waals surface area contributed by atoms with Crippen LogP contribution in [0.3, 0.4) is 0 Å². The molecule has 3 rings (SSSR count). The molecule has 3 heterocycles. The lowest BCUT2D eigenvalue weighted by Crippen LogP contribution is -2.25. The SMILES string of the molecule is [C-]#[N+]c1cc(-n2c3nc(SC)ncc3c(=O)n2CC=C)cn(C(C)C)c1=O. The van der Waals surface area contributed by atoms with Crippen molar-refractivity contribution >= 4 is 28.5 Å². The maximum Gasteiger partial charge on any atom is 0.278 e. The average Bonchev–Trinajstić information content (AvgIpc) is 2.93. The largest absolute Gasteiger partial charge is 0.320 e. The first-order chi connectivity index (χ1) is 12.9. The molecular weight excluding hydrogens is 364 g/mol. The third-order valence-electron chi connectivity index (χ3n) is 4.07. The lowest BCUT2D eigenvalue weighted by Gasteiger charge is -2.16. The van der Waals surface area contributed by atoms with Crippen LogP contribution in [-0.4, -0.2) is 30.2 Å². The number of pyridine rings is 1. The third-order valence-corrected chi connectivity index (χ3v) is 4.63. The minimum Gasteiger partial charge on any atom is -0.320 e. The van der Waals surface area contributed by atoms with E-state index in [4.69, 9.17) is 6.57 Å². The summed E-state index contributed by atoms with van der Waals surface area (Å²) in [5.74, 6) is 0. The second-order valence-electron chi connectivity index (χ2n) is 6.08. The Morgan fingerprint density at radius 1 is 1.37 bits per heavy atom. The van der Waals surface area contributed by atoms with Crippen molar-refractivity contribution in [1.82, 2.24) is 23.9 Å². The molecule has 3 aromatic rings. The first-order valence-electron chi connectivity index (χ1n) is 8.20. The van der Waals surface area contributed by atoms with Crippen LogP contribution in [0.1, 0.15) is 19.9 Å². The second-order valence-corrected chi connectivity index (χ2v) is 6.86. The van der Waals surface area contributed by atoms with Crippen molar-refractivity contribution in [3.63, 3.8) is 0 Å². The summed E-state index contributed by atoms with van der Waals surface area (Å²) in [6.45, 7) is 15.0. The summed E-state index contributed by atoms with van der Waals surface area (Å²) in [5, 5.41) is 0.885. The number of thioether (sulfide) groups is 1. The second kappa shape index (κ2) is 7.25. The van der Waals surface area contributed by atoms with Gasteiger partial charge in [0.05, 0.1) is 18.8 Å². The van der Waals surface area contributed by atoms with Gasteiger partial charge in [-0.15, -0.1) is 6.58 Å². The maximum atomic E-state index is 12.8. The van der Waals surface area contributed by atoms with Gasteiger partial charge in [0.15, 0.2) is 10.8 Å². The van der Waals surface area contributed by atoms with Crippen LogP contribution < -0.4 is 11.1 Å². The van der Waals surface area contributed by atoms with Crippen LogP contribution in [0, 0.1) is 6.57 Å². The van der Waals surface area contributed by atoms with Crippen molar-refractivity contribution in [2.45, 2.75) is 31.6 Å². The van der Waals surface area contributed by atoms with Gasteiger partial charge in [-0.1, -0.05) is 17.8 Å². The molecule has 0 saturated carbocycles. The normalized spacial score (nSPS) is 11.1. The molecule has 0 saturated heterocycles. The Bertz CT molecular complexity index is 1200. The Kier molecular flexibility index (Phi) is 5.01. The van der Waals surface area contributed by atoms with E-state index in [1.807, 2.05) is 20.1 Å². The highest BCUT2D eigenvalue weighted by Gasteiger charge is 2.19. The number of aromatic nitrogens is 5. The number of hydrogen-bond donors (Lipinski definition) is 0. The fourth-order valence-corrected chi connectivity index (χ4v) is 3.15. The Labute approximate surface area is 159 Å². The summed E-state index contributed by atoms with van der Waals surface area (Å²) in [5.41, 5.74) is 0.293. The molecule has 0 N–H and O–H groups in total. The Morgan fingerprint density at radius 2 is 2.11 bits per heavy atom. The van der Waals surface area contributed by atoms with Gasteiger partial charge in [-0.2, -0.15) is 0 Å². The zero-order valence-electron chi connectivity index (χ0n) is 15.2. The monoisotopic (exact) mass is 382 g/mol. The van der Waals surface area contributed by atoms with Gasteiger partial charge in [-0.25, -0.2) is 24.2 Å². The molecule has 0 radical (unpaired) electrons. The molecule has 3 aromatic heterocycles. The van der Waals surface area contributed by atoms with E-state index < -0.39 is 0 Å². The molecule has 0 aliphatic heterocycles. The smallest absolute Gasteiger partial charge is 0.278 e. The van der Waals surface area contributed by atoms with Gasteiger partial charge in [0.1, 0.15) is 5.39 Å². The first kappa shape index (κ1) is 18.7. The molecule has 0 atom stereocenters. The summed E-state index contributed by atoms with van der Waals surface area (Å²) in [6.07, 6.45) is 6.59. The lowest BCUT2D eigenvalue weighted by molar-refractivity contribution is 0.563. The molecule has 0 fully saturated rings. The van der Waals surface area contributed by atoms with Gasteiger partial charge in [0, 0.05) is 18.4 Å². The van der Waals surface area contributed by atoms with E-state index in [1.165, 1.54) is 33.3 Å². The number of nitrogens with zero attached hydrogens (tertiary/aromatic N) is 6. The van der Waals surface area contributed by atoms with Crippen molar-refractivity contribution in [3.05, 3.63) is 63.2 Å². The van der Waals surface area contributed by atoms with Gasteiger partial charge < -0.3 is 4.57 Å². The highest BCUT2D eigenvalue weighted by Crippen LogP contribution is 2.21. The van der Waals surface area contributed by atoms with Crippen LogP contribution in [-0.2, 0) is 6.54 Å². The fourth-order valence-electron chi connectivity index (χ4n) is 2.81. The molecule has 0 amide bonds. The Hall–Kier alpha value is -3.12. The molecule has 9 heteroatoms. The van der Waals surface area contributed by atoms with Gasteiger partial charge in [0.25, 0.3) is 16.8 Å². The lowest BCUT2D eigenvalue weighted by atomic mass is 10.3. The van der Waals surface area contributed by atoms with Crippen LogP contribution in [0.4, 0.5) is 5.69 Å². The van der Waals surface area contributed by atoms with Crippen molar-refractivity contribution < 1.29 is 0 Å². The zero-order chi connectivity index (χ0) is 19.7. The fraction of sp³-hybridized carbons (Fsp3) is 0.278. The van der Waals surface area contributed by atoms with Gasteiger partial charge in [0.2, 0.25) is 0 Å². The minimum absolute atomic E-state index is 0.0141. The van der Waals surface area contributed by atoms with Gasteiger partial charge >= 0.3 is 0 Å². The highest BCUT2D eigenvalue weighted by atomic mass is 32.2. The number of fused-ring (bicyclic) bond motifs is 1. The molecule has 0 bridgehead atoms. The third kappa shape index (κ3) is 3.08. The molecule has 8 nitrogen and oxygen atoms in total. The summed E-state index contributed by atoms with van der Waals surface area (Å²) in [4.78, 5) is 37.3. The first-order valence-corrected chi connectivity index (χ1v) is 9.42. The summed E-state index contributed by atoms with van der Waals surface area (Å²) in [7, 11) is 0. The quantitative estimate of drug-likeness (QED) is 0.293. The Balaban J connectivity index is 2.47. The molecule has 27 heavy (non-hydrogen) atoms. The molecule has 0 aliphatic rings. The molecule has 0 spiro atoms. The molecular formula is C18H18N6O2S. The predicted molar refractivity (Wildman–Crippen MR) is 106 cm³/mol. The van der Waals surface area contributed by atoms with Crippen molar-refractivity contribution in [1.29, 1.82) is 0 Å². The van der Waals surface area contributed by atoms with Crippen molar-refractivity contribution in [2.75, 3.05) is 6.26 Å². The van der Waals surface area contributed by atoms with Crippen molar-refractivity contribution in [3.8, 4) is 5.69 Å². The van der Waals surface area contributed by atoms with E-state index in [9.17, 15) is 9.59 Å². The maximum absolute atomic E-state index is 12.8. The average molecular weight is 382 g/mol. The topological polar surface area (TPSA) is 79.1 Å². The van der Waals surface area contributed by atoms with E-state index >= 15 is 0 Å². The van der Waals surface area contributed by atoms with E-state index in [-0.39, 0.29) is 29.4 Å². The van der Waals surface area contributed by atoms with Crippen LogP contribution in [0.25, 0.3) is 21.6 Å². The molecule has 0 unspecified atom stereocenters. The van der Waals surface area contributed by atoms with Gasteiger partial charge in [-0.3, -0.25) is 9.59 Å². The Morgan fingerprint density at radius 3 is 2.70 bits per heavy atom. The van der Waals surface area contributed by atoms with Crippen LogP contribution in [0.15, 0.2) is 45.9 Å². The molecule has 0 aliphatic carbocycles. The molecule has 138 valence electrons. The molecule has 0 aromatic carbocycles. The number of rotatable bonds is 5. The standard InChI is InChI=1S/C18H18N6O2S/c1-6-7-23-16(25)13-9-20-18(27-5)21-15(13)24(23)12-8-14(19-4)17(26)22(10-12)11(2)3/h6,8-11H,1,7H2,2-3,5H3. The summed E-state index contributed by atoms with van der Waals surface area (Å²) in [6, 6.07) is 1.34. The minimum atomic E-state index is -0.364. The van der Waals surface area contributed by atoms with E-state index in [1.54, 1.807) is 17.0 Å². The number of allylic oxidation sites excluding steroid dienone is 1.